The second kappa shape index (κ2) is 4.81. The van der Waals surface area contributed by atoms with Crippen molar-refractivity contribution in [1.29, 1.82) is 0 Å². The fourth-order valence-electron chi connectivity index (χ4n) is 1.56. The molecule has 1 amide bonds. The molecule has 0 atom stereocenters. The number of carbonyl (C=O) groups excluding carboxylic acids is 1. The summed E-state index contributed by atoms with van der Waals surface area (Å²) in [7, 11) is 0. The van der Waals surface area contributed by atoms with Crippen LogP contribution in [0, 0.1) is 6.92 Å². The van der Waals surface area contributed by atoms with Crippen LogP contribution >= 0.6 is 0 Å². The molecule has 1 aromatic carbocycles. The molecule has 1 heterocycles. The van der Waals surface area contributed by atoms with Crippen molar-refractivity contribution in [2.75, 3.05) is 11.1 Å². The number of aromatic amines is 1. The van der Waals surface area contributed by atoms with Gasteiger partial charge in [-0.25, -0.2) is 4.79 Å². The van der Waals surface area contributed by atoms with Gasteiger partial charge in [0.25, 0.3) is 5.91 Å². The lowest BCUT2D eigenvalue weighted by Crippen LogP contribution is -2.14. The Morgan fingerprint density at radius 3 is 2.74 bits per heavy atom. The Morgan fingerprint density at radius 1 is 1.42 bits per heavy atom. The van der Waals surface area contributed by atoms with Crippen LogP contribution in [-0.2, 0) is 0 Å². The van der Waals surface area contributed by atoms with Crippen molar-refractivity contribution in [2.24, 2.45) is 0 Å². The summed E-state index contributed by atoms with van der Waals surface area (Å²) >= 11 is 0. The molecule has 7 heteroatoms. The van der Waals surface area contributed by atoms with E-state index in [0.29, 0.717) is 5.69 Å². The van der Waals surface area contributed by atoms with Gasteiger partial charge in [0, 0.05) is 5.69 Å². The number of aryl methyl sites for hydroxylation is 1. The fourth-order valence-corrected chi connectivity index (χ4v) is 1.56. The number of carbonyl (C=O) groups is 2. The van der Waals surface area contributed by atoms with Gasteiger partial charge in [-0.3, -0.25) is 9.89 Å². The first-order valence-corrected chi connectivity index (χ1v) is 5.43. The van der Waals surface area contributed by atoms with Gasteiger partial charge in [-0.1, -0.05) is 6.07 Å². The number of aromatic nitrogens is 2. The standard InChI is InChI=1S/C12H12N4O3/c1-6-2-3-7(12(18)19)4-9(6)15-11(17)8-5-14-16-10(8)13/h2-5H,1H3,(H,15,17)(H,18,19)(H3,13,14,16). The molecule has 0 fully saturated rings. The number of rotatable bonds is 3. The molecule has 7 nitrogen and oxygen atoms in total. The van der Waals surface area contributed by atoms with Gasteiger partial charge >= 0.3 is 5.97 Å². The van der Waals surface area contributed by atoms with Crippen LogP contribution in [0.2, 0.25) is 0 Å². The average Bonchev–Trinajstić information content (AvgIpc) is 2.78. The quantitative estimate of drug-likeness (QED) is 0.661. The molecule has 0 aliphatic rings. The molecule has 5 N–H and O–H groups in total. The normalized spacial score (nSPS) is 10.2. The van der Waals surface area contributed by atoms with Crippen LogP contribution in [-0.4, -0.2) is 27.2 Å². The van der Waals surface area contributed by atoms with Crippen LogP contribution in [0.4, 0.5) is 11.5 Å². The summed E-state index contributed by atoms with van der Waals surface area (Å²) in [5.41, 5.74) is 7.02. The van der Waals surface area contributed by atoms with Gasteiger partial charge in [0.2, 0.25) is 0 Å². The van der Waals surface area contributed by atoms with Crippen molar-refractivity contribution in [2.45, 2.75) is 6.92 Å². The van der Waals surface area contributed by atoms with Crippen molar-refractivity contribution in [3.63, 3.8) is 0 Å². The third kappa shape index (κ3) is 2.54. The molecule has 0 radical (unpaired) electrons. The third-order valence-corrected chi connectivity index (χ3v) is 2.65. The molecule has 0 spiro atoms. The van der Waals surface area contributed by atoms with E-state index >= 15 is 0 Å². The van der Waals surface area contributed by atoms with Crippen LogP contribution in [0.3, 0.4) is 0 Å². The maximum atomic E-state index is 11.9. The van der Waals surface area contributed by atoms with E-state index in [0.717, 1.165) is 5.56 Å². The minimum absolute atomic E-state index is 0.0982. The van der Waals surface area contributed by atoms with E-state index in [9.17, 15) is 9.59 Å². The molecule has 0 bridgehead atoms. The number of nitrogens with one attached hydrogen (secondary N) is 2. The molecule has 0 aliphatic carbocycles. The summed E-state index contributed by atoms with van der Waals surface area (Å²) in [5, 5.41) is 17.6. The van der Waals surface area contributed by atoms with Gasteiger partial charge < -0.3 is 16.2 Å². The molecule has 1 aromatic heterocycles. The van der Waals surface area contributed by atoms with Crippen LogP contribution in [0.25, 0.3) is 0 Å². The highest BCUT2D eigenvalue weighted by atomic mass is 16.4. The van der Waals surface area contributed by atoms with Gasteiger partial charge in [-0.05, 0) is 24.6 Å². The Hall–Kier alpha value is -2.83. The fraction of sp³-hybridized carbons (Fsp3) is 0.0833. The molecule has 0 saturated carbocycles. The van der Waals surface area contributed by atoms with Crippen LogP contribution in [0.15, 0.2) is 24.4 Å². The predicted octanol–water partition coefficient (Wildman–Crippen LogP) is 1.25. The Morgan fingerprint density at radius 2 is 2.16 bits per heavy atom. The zero-order chi connectivity index (χ0) is 14.0. The van der Waals surface area contributed by atoms with Gasteiger partial charge in [0.1, 0.15) is 11.4 Å². The summed E-state index contributed by atoms with van der Waals surface area (Å²) in [6, 6.07) is 4.49. The molecule has 0 saturated heterocycles. The van der Waals surface area contributed by atoms with E-state index in [1.54, 1.807) is 13.0 Å². The SMILES string of the molecule is Cc1ccc(C(=O)O)cc1NC(=O)c1cn[nH]c1N. The summed E-state index contributed by atoms with van der Waals surface area (Å²) in [6.07, 6.45) is 1.31. The zero-order valence-corrected chi connectivity index (χ0v) is 10.1. The zero-order valence-electron chi connectivity index (χ0n) is 10.1. The number of amides is 1. The number of nitrogens with two attached hydrogens (primary N) is 1. The largest absolute Gasteiger partial charge is 0.478 e. The number of anilines is 2. The molecule has 2 aromatic rings. The van der Waals surface area contributed by atoms with E-state index in [2.05, 4.69) is 15.5 Å². The number of nitrogens with zero attached hydrogens (tertiary/aromatic N) is 1. The Kier molecular flexibility index (Phi) is 3.19. The molecule has 19 heavy (non-hydrogen) atoms. The third-order valence-electron chi connectivity index (χ3n) is 2.65. The highest BCUT2D eigenvalue weighted by Gasteiger charge is 2.14. The predicted molar refractivity (Wildman–Crippen MR) is 69.1 cm³/mol. The van der Waals surface area contributed by atoms with E-state index in [4.69, 9.17) is 10.8 Å². The van der Waals surface area contributed by atoms with Crippen LogP contribution in [0.1, 0.15) is 26.3 Å². The number of benzene rings is 1. The number of hydrogen-bond acceptors (Lipinski definition) is 4. The van der Waals surface area contributed by atoms with Crippen molar-refractivity contribution >= 4 is 23.4 Å². The van der Waals surface area contributed by atoms with Crippen LogP contribution < -0.4 is 11.1 Å². The second-order valence-corrected chi connectivity index (χ2v) is 3.99. The first kappa shape index (κ1) is 12.6. The number of carboxylic acids is 1. The number of carboxylic acid groups (broad SMARTS) is 1. The highest BCUT2D eigenvalue weighted by Crippen LogP contribution is 2.18. The van der Waals surface area contributed by atoms with Gasteiger partial charge in [-0.15, -0.1) is 0 Å². The lowest BCUT2D eigenvalue weighted by Gasteiger charge is -2.08. The van der Waals surface area contributed by atoms with Gasteiger partial charge in [0.05, 0.1) is 11.8 Å². The number of aromatic carboxylic acids is 1. The van der Waals surface area contributed by atoms with Crippen molar-refractivity contribution in [1.82, 2.24) is 10.2 Å². The van der Waals surface area contributed by atoms with Crippen molar-refractivity contribution in [3.8, 4) is 0 Å². The minimum atomic E-state index is -1.06. The Labute approximate surface area is 108 Å². The molecule has 98 valence electrons. The second-order valence-electron chi connectivity index (χ2n) is 3.99. The van der Waals surface area contributed by atoms with E-state index < -0.39 is 11.9 Å². The lowest BCUT2D eigenvalue weighted by atomic mass is 10.1. The molecular weight excluding hydrogens is 248 g/mol. The molecule has 0 aliphatic heterocycles. The first-order chi connectivity index (χ1) is 8.99. The summed E-state index contributed by atoms with van der Waals surface area (Å²) in [6.45, 7) is 1.76. The monoisotopic (exact) mass is 260 g/mol. The number of nitrogen functional groups attached to an aromatic ring is 1. The van der Waals surface area contributed by atoms with Crippen molar-refractivity contribution < 1.29 is 14.7 Å². The average molecular weight is 260 g/mol. The van der Waals surface area contributed by atoms with E-state index in [-0.39, 0.29) is 16.9 Å². The number of H-pyrrole nitrogens is 1. The van der Waals surface area contributed by atoms with E-state index in [1.165, 1.54) is 18.3 Å². The van der Waals surface area contributed by atoms with Gasteiger partial charge in [0.15, 0.2) is 0 Å². The summed E-state index contributed by atoms with van der Waals surface area (Å²) < 4.78 is 0. The van der Waals surface area contributed by atoms with E-state index in [1.807, 2.05) is 0 Å². The maximum Gasteiger partial charge on any atom is 0.335 e. The lowest BCUT2D eigenvalue weighted by molar-refractivity contribution is 0.0696. The number of hydrogen-bond donors (Lipinski definition) is 4. The van der Waals surface area contributed by atoms with Crippen molar-refractivity contribution in [3.05, 3.63) is 41.1 Å². The summed E-state index contributed by atoms with van der Waals surface area (Å²) in [5.74, 6) is -1.35. The van der Waals surface area contributed by atoms with Crippen LogP contribution in [0.5, 0.6) is 0 Å². The molecule has 2 rings (SSSR count). The Balaban J connectivity index is 2.28. The summed E-state index contributed by atoms with van der Waals surface area (Å²) in [4.78, 5) is 22.8. The molecule has 0 unspecified atom stereocenters. The topological polar surface area (TPSA) is 121 Å². The van der Waals surface area contributed by atoms with Gasteiger partial charge in [-0.2, -0.15) is 5.10 Å². The smallest absolute Gasteiger partial charge is 0.335 e. The highest BCUT2D eigenvalue weighted by molar-refractivity contribution is 6.07. The Bertz CT molecular complexity index is 648. The maximum absolute atomic E-state index is 11.9. The first-order valence-electron chi connectivity index (χ1n) is 5.43. The minimum Gasteiger partial charge on any atom is -0.478 e. The molecular formula is C12H12N4O3.